The molecule has 0 atom stereocenters. The van der Waals surface area contributed by atoms with Gasteiger partial charge in [0.05, 0.1) is 4.90 Å². The zero-order valence-corrected chi connectivity index (χ0v) is 13.8. The Kier molecular flexibility index (Phi) is 4.01. The Bertz CT molecular complexity index is 951. The van der Waals surface area contributed by atoms with E-state index < -0.39 is 10.0 Å². The van der Waals surface area contributed by atoms with Gasteiger partial charge in [-0.25, -0.2) is 0 Å². The second-order valence-corrected chi connectivity index (χ2v) is 7.24. The van der Waals surface area contributed by atoms with Gasteiger partial charge < -0.3 is 5.73 Å². The van der Waals surface area contributed by atoms with Crippen molar-refractivity contribution in [2.45, 2.75) is 4.90 Å². The molecule has 0 fully saturated rings. The zero-order valence-electron chi connectivity index (χ0n) is 11.5. The molecule has 0 bridgehead atoms. The Morgan fingerprint density at radius 3 is 2.00 bits per heavy atom. The minimum absolute atomic E-state index is 0.0150. The van der Waals surface area contributed by atoms with Crippen molar-refractivity contribution in [3.63, 3.8) is 0 Å². The van der Waals surface area contributed by atoms with E-state index >= 15 is 0 Å². The van der Waals surface area contributed by atoms with Crippen molar-refractivity contribution in [1.82, 2.24) is 14.2 Å². The van der Waals surface area contributed by atoms with Crippen LogP contribution in [0.2, 0.25) is 10.0 Å². The van der Waals surface area contributed by atoms with Gasteiger partial charge in [0.1, 0.15) is 0 Å². The molecule has 0 radical (unpaired) electrons. The minimum Gasteiger partial charge on any atom is -0.367 e. The summed E-state index contributed by atoms with van der Waals surface area (Å²) in [5, 5.41) is 4.98. The molecule has 0 aliphatic rings. The van der Waals surface area contributed by atoms with E-state index in [4.69, 9.17) is 28.9 Å². The number of aromatic nitrogens is 3. The van der Waals surface area contributed by atoms with Crippen molar-refractivity contribution >= 4 is 39.2 Å². The molecule has 6 nitrogen and oxygen atoms in total. The van der Waals surface area contributed by atoms with Gasteiger partial charge in [0.25, 0.3) is 10.0 Å². The summed E-state index contributed by atoms with van der Waals surface area (Å²) in [6, 6.07) is 12.4. The van der Waals surface area contributed by atoms with E-state index in [2.05, 4.69) is 10.1 Å². The quantitative estimate of drug-likeness (QED) is 0.766. The van der Waals surface area contributed by atoms with Crippen LogP contribution in [0.25, 0.3) is 11.4 Å². The number of hydrogen-bond acceptors (Lipinski definition) is 5. The van der Waals surface area contributed by atoms with Crippen molar-refractivity contribution in [3.05, 3.63) is 58.6 Å². The highest BCUT2D eigenvalue weighted by molar-refractivity contribution is 7.90. The molecule has 118 valence electrons. The normalized spacial score (nSPS) is 11.6. The lowest BCUT2D eigenvalue weighted by Crippen LogP contribution is -2.17. The van der Waals surface area contributed by atoms with Gasteiger partial charge in [-0.1, -0.05) is 23.2 Å². The van der Waals surface area contributed by atoms with Crippen LogP contribution in [0.4, 0.5) is 5.95 Å². The van der Waals surface area contributed by atoms with Gasteiger partial charge in [-0.2, -0.15) is 13.4 Å². The molecule has 0 saturated heterocycles. The topological polar surface area (TPSA) is 90.9 Å². The first-order chi connectivity index (χ1) is 10.9. The largest absolute Gasteiger partial charge is 0.367 e. The Hall–Kier alpha value is -2.09. The number of benzene rings is 2. The van der Waals surface area contributed by atoms with E-state index in [1.807, 2.05) is 0 Å². The summed E-state index contributed by atoms with van der Waals surface area (Å²) < 4.78 is 25.9. The molecule has 0 spiro atoms. The Morgan fingerprint density at radius 1 is 0.913 bits per heavy atom. The van der Waals surface area contributed by atoms with Crippen LogP contribution in [0.15, 0.2) is 53.4 Å². The molecule has 3 aromatic rings. The maximum atomic E-state index is 12.6. The third-order valence-electron chi connectivity index (χ3n) is 3.04. The summed E-state index contributed by atoms with van der Waals surface area (Å²) in [7, 11) is -3.95. The number of halogens is 2. The van der Waals surface area contributed by atoms with Crippen molar-refractivity contribution in [2.24, 2.45) is 0 Å². The molecule has 2 aromatic carbocycles. The number of nitrogen functional groups attached to an aromatic ring is 1. The van der Waals surface area contributed by atoms with Crippen LogP contribution in [-0.4, -0.2) is 22.6 Å². The minimum atomic E-state index is -3.95. The second-order valence-electron chi connectivity index (χ2n) is 4.60. The summed E-state index contributed by atoms with van der Waals surface area (Å²) in [5.41, 5.74) is 6.32. The molecule has 0 amide bonds. The summed E-state index contributed by atoms with van der Waals surface area (Å²) in [6.45, 7) is 0. The fraction of sp³-hybridized carbons (Fsp3) is 0. The van der Waals surface area contributed by atoms with Gasteiger partial charge in [0, 0.05) is 15.6 Å². The van der Waals surface area contributed by atoms with Crippen LogP contribution >= 0.6 is 23.2 Å². The molecule has 2 N–H and O–H groups in total. The first-order valence-corrected chi connectivity index (χ1v) is 8.57. The Morgan fingerprint density at radius 2 is 1.43 bits per heavy atom. The highest BCUT2D eigenvalue weighted by atomic mass is 35.5. The molecule has 0 aliphatic carbocycles. The first-order valence-electron chi connectivity index (χ1n) is 6.37. The number of nitrogens with two attached hydrogens (primary N) is 1. The van der Waals surface area contributed by atoms with Gasteiger partial charge in [0.15, 0.2) is 5.82 Å². The molecule has 1 aromatic heterocycles. The third-order valence-corrected chi connectivity index (χ3v) is 5.14. The van der Waals surface area contributed by atoms with Crippen LogP contribution in [0, 0.1) is 0 Å². The second kappa shape index (κ2) is 5.84. The van der Waals surface area contributed by atoms with Gasteiger partial charge in [0.2, 0.25) is 5.95 Å². The van der Waals surface area contributed by atoms with Crippen molar-refractivity contribution in [2.75, 3.05) is 5.73 Å². The highest BCUT2D eigenvalue weighted by Crippen LogP contribution is 2.23. The molecule has 1 heterocycles. The maximum Gasteiger partial charge on any atom is 0.286 e. The predicted molar refractivity (Wildman–Crippen MR) is 88.9 cm³/mol. The molecule has 0 saturated carbocycles. The van der Waals surface area contributed by atoms with Gasteiger partial charge in [-0.3, -0.25) is 0 Å². The van der Waals surface area contributed by atoms with Gasteiger partial charge in [-0.15, -0.1) is 9.19 Å². The predicted octanol–water partition coefficient (Wildman–Crippen LogP) is 3.07. The third kappa shape index (κ3) is 3.03. The van der Waals surface area contributed by atoms with E-state index in [1.165, 1.54) is 24.3 Å². The average Bonchev–Trinajstić information content (AvgIpc) is 2.91. The van der Waals surface area contributed by atoms with Crippen molar-refractivity contribution < 1.29 is 8.42 Å². The lowest BCUT2D eigenvalue weighted by Gasteiger charge is -2.04. The summed E-state index contributed by atoms with van der Waals surface area (Å²) in [5.74, 6) is -0.0402. The van der Waals surface area contributed by atoms with Crippen molar-refractivity contribution in [3.8, 4) is 11.4 Å². The lowest BCUT2D eigenvalue weighted by molar-refractivity contribution is 0.581. The van der Waals surface area contributed by atoms with E-state index in [0.29, 0.717) is 19.7 Å². The molecule has 9 heteroatoms. The van der Waals surface area contributed by atoms with E-state index in [9.17, 15) is 8.42 Å². The molecular formula is C14H10Cl2N4O2S. The molecule has 0 aliphatic heterocycles. The maximum absolute atomic E-state index is 12.6. The number of nitrogens with zero attached hydrogens (tertiary/aromatic N) is 3. The molecule has 0 unspecified atom stereocenters. The SMILES string of the molecule is Nc1nc(-c2ccc(Cl)cc2)nn1S(=O)(=O)c1ccc(Cl)cc1. The van der Waals surface area contributed by atoms with E-state index in [1.54, 1.807) is 24.3 Å². The standard InChI is InChI=1S/C14H10Cl2N4O2S/c15-10-3-1-9(2-4-10)13-18-14(17)20(19-13)23(21,22)12-7-5-11(16)6-8-12/h1-8H,(H2,17,18,19). The summed E-state index contributed by atoms with van der Waals surface area (Å²) in [4.78, 5) is 4.02. The first kappa shape index (κ1) is 15.8. The van der Waals surface area contributed by atoms with Gasteiger partial charge in [-0.05, 0) is 48.5 Å². The zero-order chi connectivity index (χ0) is 16.6. The average molecular weight is 369 g/mol. The fourth-order valence-electron chi connectivity index (χ4n) is 1.92. The Labute approximate surface area is 142 Å². The van der Waals surface area contributed by atoms with Crippen molar-refractivity contribution in [1.29, 1.82) is 0 Å². The highest BCUT2D eigenvalue weighted by Gasteiger charge is 2.23. The smallest absolute Gasteiger partial charge is 0.286 e. The van der Waals surface area contributed by atoms with Crippen LogP contribution < -0.4 is 5.73 Å². The lowest BCUT2D eigenvalue weighted by atomic mass is 10.2. The van der Waals surface area contributed by atoms with Crippen LogP contribution in [0.5, 0.6) is 0 Å². The van der Waals surface area contributed by atoms with Gasteiger partial charge >= 0.3 is 0 Å². The van der Waals surface area contributed by atoms with Crippen LogP contribution in [-0.2, 0) is 10.0 Å². The number of hydrogen-bond donors (Lipinski definition) is 1. The molecule has 23 heavy (non-hydrogen) atoms. The van der Waals surface area contributed by atoms with Crippen LogP contribution in [0.1, 0.15) is 0 Å². The number of rotatable bonds is 3. The van der Waals surface area contributed by atoms with Crippen LogP contribution in [0.3, 0.4) is 0 Å². The number of anilines is 1. The molecule has 3 rings (SSSR count). The molecular weight excluding hydrogens is 359 g/mol. The Balaban J connectivity index is 2.07. The summed E-state index contributed by atoms with van der Waals surface area (Å²) >= 11 is 11.6. The fourth-order valence-corrected chi connectivity index (χ4v) is 3.32. The van der Waals surface area contributed by atoms with E-state index in [0.717, 1.165) is 0 Å². The van der Waals surface area contributed by atoms with E-state index in [-0.39, 0.29) is 16.7 Å². The monoisotopic (exact) mass is 368 g/mol. The summed E-state index contributed by atoms with van der Waals surface area (Å²) in [6.07, 6.45) is 0.